The lowest BCUT2D eigenvalue weighted by Gasteiger charge is -2.09. The lowest BCUT2D eigenvalue weighted by Crippen LogP contribution is -2.22. The number of carbonyl (C=O) groups excluding carboxylic acids is 1. The van der Waals surface area contributed by atoms with Gasteiger partial charge >= 0.3 is 5.97 Å². The van der Waals surface area contributed by atoms with E-state index in [1.165, 1.54) is 26.2 Å². The van der Waals surface area contributed by atoms with Gasteiger partial charge in [0.2, 0.25) is 0 Å². The van der Waals surface area contributed by atoms with Crippen molar-refractivity contribution in [1.29, 1.82) is 0 Å². The van der Waals surface area contributed by atoms with Gasteiger partial charge in [-0.25, -0.2) is 8.42 Å². The normalized spacial score (nSPS) is 13.1. The quantitative estimate of drug-likeness (QED) is 0.746. The number of hydrogen-bond acceptors (Lipinski definition) is 4. The lowest BCUT2D eigenvalue weighted by atomic mass is 10.2. The van der Waals surface area contributed by atoms with E-state index in [9.17, 15) is 13.2 Å². The molecule has 0 radical (unpaired) electrons. The Kier molecular flexibility index (Phi) is 4.06. The Bertz CT molecular complexity index is 450. The highest BCUT2D eigenvalue weighted by Crippen LogP contribution is 2.14. The van der Waals surface area contributed by atoms with E-state index in [-0.39, 0.29) is 10.6 Å². The second-order valence-corrected chi connectivity index (χ2v) is 5.55. The van der Waals surface area contributed by atoms with Crippen LogP contribution in [0.2, 0.25) is 0 Å². The van der Waals surface area contributed by atoms with Crippen molar-refractivity contribution in [3.63, 3.8) is 0 Å². The highest BCUT2D eigenvalue weighted by atomic mass is 32.2. The van der Waals surface area contributed by atoms with Crippen molar-refractivity contribution in [3.8, 4) is 0 Å². The van der Waals surface area contributed by atoms with Gasteiger partial charge in [-0.05, 0) is 12.1 Å². The van der Waals surface area contributed by atoms with Gasteiger partial charge in [0.1, 0.15) is 0 Å². The maximum atomic E-state index is 11.9. The molecular weight excluding hydrogens is 228 g/mol. The molecule has 0 unspecified atom stereocenters. The van der Waals surface area contributed by atoms with Crippen LogP contribution in [0.5, 0.6) is 0 Å². The lowest BCUT2D eigenvalue weighted by molar-refractivity contribution is -0.144. The van der Waals surface area contributed by atoms with Gasteiger partial charge in [0.05, 0.1) is 23.7 Å². The summed E-state index contributed by atoms with van der Waals surface area (Å²) in [4.78, 5) is 11.4. The molecule has 0 aliphatic heterocycles. The largest absolute Gasteiger partial charge is 0.469 e. The maximum Gasteiger partial charge on any atom is 0.309 e. The molecule has 0 aromatic heterocycles. The van der Waals surface area contributed by atoms with Crippen LogP contribution in [0.3, 0.4) is 0 Å². The molecule has 0 amide bonds. The minimum absolute atomic E-state index is 0.228. The molecule has 1 aromatic carbocycles. The molecular formula is C11H14O4S. The van der Waals surface area contributed by atoms with Crippen molar-refractivity contribution in [2.45, 2.75) is 11.8 Å². The fourth-order valence-electron chi connectivity index (χ4n) is 1.32. The highest BCUT2D eigenvalue weighted by molar-refractivity contribution is 7.91. The molecule has 0 fully saturated rings. The third-order valence-electron chi connectivity index (χ3n) is 2.18. The van der Waals surface area contributed by atoms with Crippen LogP contribution < -0.4 is 0 Å². The molecule has 0 heterocycles. The van der Waals surface area contributed by atoms with Crippen molar-refractivity contribution in [1.82, 2.24) is 0 Å². The zero-order valence-electron chi connectivity index (χ0n) is 9.21. The molecule has 0 N–H and O–H groups in total. The van der Waals surface area contributed by atoms with Crippen molar-refractivity contribution in [2.75, 3.05) is 12.9 Å². The van der Waals surface area contributed by atoms with Gasteiger partial charge < -0.3 is 4.74 Å². The van der Waals surface area contributed by atoms with E-state index in [0.717, 1.165) is 0 Å². The van der Waals surface area contributed by atoms with Gasteiger partial charge in [0, 0.05) is 0 Å². The topological polar surface area (TPSA) is 60.4 Å². The van der Waals surface area contributed by atoms with E-state index in [1.807, 2.05) is 0 Å². The highest BCUT2D eigenvalue weighted by Gasteiger charge is 2.23. The Labute approximate surface area is 95.2 Å². The molecule has 88 valence electrons. The minimum atomic E-state index is -3.42. The van der Waals surface area contributed by atoms with E-state index < -0.39 is 21.7 Å². The van der Waals surface area contributed by atoms with Gasteiger partial charge in [-0.2, -0.15) is 0 Å². The minimum Gasteiger partial charge on any atom is -0.469 e. The smallest absolute Gasteiger partial charge is 0.309 e. The Morgan fingerprint density at radius 2 is 1.88 bits per heavy atom. The van der Waals surface area contributed by atoms with Crippen LogP contribution in [0.1, 0.15) is 6.92 Å². The van der Waals surface area contributed by atoms with Crippen LogP contribution in [0.4, 0.5) is 0 Å². The van der Waals surface area contributed by atoms with Crippen LogP contribution in [0.15, 0.2) is 35.2 Å². The summed E-state index contributed by atoms with van der Waals surface area (Å²) in [5.74, 6) is -1.40. The van der Waals surface area contributed by atoms with Crippen molar-refractivity contribution in [3.05, 3.63) is 30.3 Å². The molecule has 0 aliphatic carbocycles. The van der Waals surface area contributed by atoms with Crippen molar-refractivity contribution < 1.29 is 17.9 Å². The number of esters is 1. The number of methoxy groups -OCH3 is 1. The second-order valence-electron chi connectivity index (χ2n) is 3.52. The van der Waals surface area contributed by atoms with Gasteiger partial charge in [-0.3, -0.25) is 4.79 Å². The first-order chi connectivity index (χ1) is 7.47. The number of benzene rings is 1. The summed E-state index contributed by atoms with van der Waals surface area (Å²) in [6.07, 6.45) is 0. The molecule has 1 atom stereocenters. The van der Waals surface area contributed by atoms with Crippen LogP contribution in [-0.4, -0.2) is 27.2 Å². The van der Waals surface area contributed by atoms with Gasteiger partial charge in [0.25, 0.3) is 0 Å². The number of ether oxygens (including phenoxy) is 1. The molecule has 0 saturated heterocycles. The van der Waals surface area contributed by atoms with E-state index in [4.69, 9.17) is 0 Å². The van der Waals surface area contributed by atoms with Gasteiger partial charge in [0.15, 0.2) is 9.84 Å². The number of sulfone groups is 1. The average molecular weight is 242 g/mol. The molecule has 5 heteroatoms. The van der Waals surface area contributed by atoms with Crippen LogP contribution >= 0.6 is 0 Å². The van der Waals surface area contributed by atoms with E-state index in [0.29, 0.717) is 0 Å². The molecule has 0 spiro atoms. The SMILES string of the molecule is COC(=O)[C@H](C)CS(=O)(=O)c1ccccc1. The Morgan fingerprint density at radius 3 is 2.38 bits per heavy atom. The fraction of sp³-hybridized carbons (Fsp3) is 0.364. The first-order valence-electron chi connectivity index (χ1n) is 4.83. The Hall–Kier alpha value is -1.36. The Morgan fingerprint density at radius 1 is 1.31 bits per heavy atom. The number of rotatable bonds is 4. The van der Waals surface area contributed by atoms with Gasteiger partial charge in [-0.15, -0.1) is 0 Å². The third-order valence-corrected chi connectivity index (χ3v) is 4.10. The van der Waals surface area contributed by atoms with E-state index in [2.05, 4.69) is 4.74 Å². The summed E-state index contributed by atoms with van der Waals surface area (Å²) >= 11 is 0. The molecule has 0 aliphatic rings. The fourth-order valence-corrected chi connectivity index (χ4v) is 2.88. The number of hydrogen-bond donors (Lipinski definition) is 0. The molecule has 0 bridgehead atoms. The summed E-state index contributed by atoms with van der Waals surface area (Å²) in [6, 6.07) is 8.06. The van der Waals surface area contributed by atoms with E-state index >= 15 is 0 Å². The molecule has 0 saturated carbocycles. The first kappa shape index (κ1) is 12.7. The first-order valence-corrected chi connectivity index (χ1v) is 6.48. The Balaban J connectivity index is 2.85. The summed E-state index contributed by atoms with van der Waals surface area (Å²) in [5, 5.41) is 0. The zero-order valence-corrected chi connectivity index (χ0v) is 10.0. The average Bonchev–Trinajstić information content (AvgIpc) is 2.28. The molecule has 4 nitrogen and oxygen atoms in total. The van der Waals surface area contributed by atoms with Crippen molar-refractivity contribution in [2.24, 2.45) is 5.92 Å². The molecule has 1 aromatic rings. The third kappa shape index (κ3) is 3.06. The van der Waals surface area contributed by atoms with Crippen LogP contribution in [-0.2, 0) is 19.4 Å². The standard InChI is InChI=1S/C11H14O4S/c1-9(11(12)15-2)8-16(13,14)10-6-4-3-5-7-10/h3-7,9H,8H2,1-2H3/t9-/m1/s1. The second kappa shape index (κ2) is 5.12. The molecule has 1 rings (SSSR count). The summed E-state index contributed by atoms with van der Waals surface area (Å²) in [5.41, 5.74) is 0. The monoisotopic (exact) mass is 242 g/mol. The summed E-state index contributed by atoms with van der Waals surface area (Å²) < 4.78 is 28.2. The van der Waals surface area contributed by atoms with E-state index in [1.54, 1.807) is 18.2 Å². The summed E-state index contributed by atoms with van der Waals surface area (Å²) in [7, 11) is -2.17. The predicted molar refractivity (Wildman–Crippen MR) is 59.7 cm³/mol. The number of carbonyl (C=O) groups is 1. The van der Waals surface area contributed by atoms with Crippen molar-refractivity contribution >= 4 is 15.8 Å². The predicted octanol–water partition coefficient (Wildman–Crippen LogP) is 1.27. The van der Waals surface area contributed by atoms with Crippen LogP contribution in [0.25, 0.3) is 0 Å². The molecule has 16 heavy (non-hydrogen) atoms. The summed E-state index contributed by atoms with van der Waals surface area (Å²) in [6.45, 7) is 1.53. The maximum absolute atomic E-state index is 11.9. The zero-order chi connectivity index (χ0) is 12.2. The van der Waals surface area contributed by atoms with Crippen LogP contribution in [0, 0.1) is 5.92 Å². The van der Waals surface area contributed by atoms with Gasteiger partial charge in [-0.1, -0.05) is 25.1 Å².